The molecule has 0 aliphatic carbocycles. The van der Waals surface area contributed by atoms with E-state index in [1.165, 1.54) is 0 Å². The fourth-order valence-corrected chi connectivity index (χ4v) is 3.66. The Morgan fingerprint density at radius 1 is 1.69 bits per heavy atom. The van der Waals surface area contributed by atoms with E-state index in [-0.39, 0.29) is 10.6 Å². The van der Waals surface area contributed by atoms with Gasteiger partial charge in [0.25, 0.3) is 0 Å². The molecule has 0 spiro atoms. The highest BCUT2D eigenvalue weighted by Gasteiger charge is 2.20. The van der Waals surface area contributed by atoms with Crippen LogP contribution in [0, 0.1) is 3.57 Å². The number of halogens is 3. The van der Waals surface area contributed by atoms with Gasteiger partial charge in [-0.25, -0.2) is 4.79 Å². The van der Waals surface area contributed by atoms with Crippen molar-refractivity contribution in [3.05, 3.63) is 24.8 Å². The number of benzene rings is 1. The standard InChI is InChI=1S/C9H5BrClIN2O2/c1-14-7-3(8(10)13-14)2-4(11)5(6(7)12)9(15)16/h2H,1H3,(H,15,16). The number of aromatic carboxylic acids is 1. The fourth-order valence-electron chi connectivity index (χ4n) is 1.51. The summed E-state index contributed by atoms with van der Waals surface area (Å²) < 4.78 is 2.87. The van der Waals surface area contributed by atoms with E-state index in [9.17, 15) is 4.79 Å². The molecule has 7 heteroatoms. The summed E-state index contributed by atoms with van der Waals surface area (Å²) in [6.45, 7) is 0. The molecule has 0 unspecified atom stereocenters. The summed E-state index contributed by atoms with van der Waals surface area (Å²) in [4.78, 5) is 11.1. The van der Waals surface area contributed by atoms with Gasteiger partial charge in [-0.15, -0.1) is 0 Å². The van der Waals surface area contributed by atoms with Crippen molar-refractivity contribution in [3.8, 4) is 0 Å². The Kier molecular flexibility index (Phi) is 3.15. The highest BCUT2D eigenvalue weighted by Crippen LogP contribution is 2.33. The van der Waals surface area contributed by atoms with Crippen LogP contribution in [0.5, 0.6) is 0 Å². The van der Waals surface area contributed by atoms with Crippen molar-refractivity contribution < 1.29 is 9.90 Å². The van der Waals surface area contributed by atoms with Crippen LogP contribution in [0.1, 0.15) is 10.4 Å². The Morgan fingerprint density at radius 3 is 2.88 bits per heavy atom. The molecule has 16 heavy (non-hydrogen) atoms. The largest absolute Gasteiger partial charge is 0.478 e. The van der Waals surface area contributed by atoms with Gasteiger partial charge >= 0.3 is 5.97 Å². The zero-order chi connectivity index (χ0) is 12.0. The third-order valence-electron chi connectivity index (χ3n) is 2.19. The SMILES string of the molecule is Cn1nc(Br)c2cc(Cl)c(C(=O)O)c(I)c21. The van der Waals surface area contributed by atoms with Gasteiger partial charge in [-0.2, -0.15) is 5.10 Å². The maximum atomic E-state index is 11.1. The summed E-state index contributed by atoms with van der Waals surface area (Å²) in [6.07, 6.45) is 0. The number of carboxylic acids is 1. The van der Waals surface area contributed by atoms with Crippen LogP contribution < -0.4 is 0 Å². The monoisotopic (exact) mass is 414 g/mol. The highest BCUT2D eigenvalue weighted by molar-refractivity contribution is 14.1. The van der Waals surface area contributed by atoms with E-state index in [2.05, 4.69) is 21.0 Å². The lowest BCUT2D eigenvalue weighted by Gasteiger charge is -2.05. The van der Waals surface area contributed by atoms with E-state index < -0.39 is 5.97 Å². The number of rotatable bonds is 1. The molecule has 0 saturated carbocycles. The molecule has 1 N–H and O–H groups in total. The van der Waals surface area contributed by atoms with Crippen molar-refractivity contribution in [2.24, 2.45) is 7.05 Å². The van der Waals surface area contributed by atoms with E-state index >= 15 is 0 Å². The molecular formula is C9H5BrClIN2O2. The minimum absolute atomic E-state index is 0.116. The summed E-state index contributed by atoms with van der Waals surface area (Å²) >= 11 is 11.2. The van der Waals surface area contributed by atoms with Crippen molar-refractivity contribution >= 4 is 67.0 Å². The van der Waals surface area contributed by atoms with Crippen molar-refractivity contribution in [2.75, 3.05) is 0 Å². The van der Waals surface area contributed by atoms with E-state index in [1.54, 1.807) is 17.8 Å². The van der Waals surface area contributed by atoms with Gasteiger partial charge in [-0.3, -0.25) is 4.68 Å². The van der Waals surface area contributed by atoms with Gasteiger partial charge in [0.1, 0.15) is 4.60 Å². The topological polar surface area (TPSA) is 55.1 Å². The maximum absolute atomic E-state index is 11.1. The van der Waals surface area contributed by atoms with Gasteiger partial charge < -0.3 is 5.11 Å². The summed E-state index contributed by atoms with van der Waals surface area (Å²) in [7, 11) is 1.76. The first kappa shape index (κ1) is 12.1. The minimum Gasteiger partial charge on any atom is -0.478 e. The molecule has 0 saturated heterocycles. The summed E-state index contributed by atoms with van der Waals surface area (Å²) in [5.41, 5.74) is 0.875. The lowest BCUT2D eigenvalue weighted by Crippen LogP contribution is -2.03. The van der Waals surface area contributed by atoms with Crippen LogP contribution in [0.25, 0.3) is 10.9 Å². The van der Waals surface area contributed by atoms with E-state index in [0.717, 1.165) is 10.9 Å². The zero-order valence-corrected chi connectivity index (χ0v) is 12.5. The van der Waals surface area contributed by atoms with Crippen LogP contribution >= 0.6 is 50.1 Å². The molecule has 1 aromatic carbocycles. The molecule has 1 heterocycles. The summed E-state index contributed by atoms with van der Waals surface area (Å²) in [5, 5.41) is 14.3. The highest BCUT2D eigenvalue weighted by atomic mass is 127. The number of hydrogen-bond acceptors (Lipinski definition) is 2. The quantitative estimate of drug-likeness (QED) is 0.728. The number of carbonyl (C=O) groups is 1. The Hall–Kier alpha value is -0.340. The number of aromatic nitrogens is 2. The van der Waals surface area contributed by atoms with Crippen molar-refractivity contribution in [1.29, 1.82) is 0 Å². The van der Waals surface area contributed by atoms with Gasteiger partial charge in [-0.05, 0) is 44.6 Å². The van der Waals surface area contributed by atoms with Crippen molar-refractivity contribution in [3.63, 3.8) is 0 Å². The predicted molar refractivity (Wildman–Crippen MR) is 73.1 cm³/mol. The van der Waals surface area contributed by atoms with Crippen molar-refractivity contribution in [1.82, 2.24) is 9.78 Å². The lowest BCUT2D eigenvalue weighted by atomic mass is 10.1. The second kappa shape index (κ2) is 4.15. The summed E-state index contributed by atoms with van der Waals surface area (Å²) in [5.74, 6) is -1.03. The van der Waals surface area contributed by atoms with Crippen LogP contribution in [0.2, 0.25) is 5.02 Å². The van der Waals surface area contributed by atoms with E-state index in [0.29, 0.717) is 8.17 Å². The second-order valence-corrected chi connectivity index (χ2v) is 5.40. The first-order valence-corrected chi connectivity index (χ1v) is 6.42. The molecule has 0 aliphatic heterocycles. The average molecular weight is 415 g/mol. The first-order chi connectivity index (χ1) is 7.43. The van der Waals surface area contributed by atoms with Crippen LogP contribution in [0.4, 0.5) is 0 Å². The smallest absolute Gasteiger partial charge is 0.338 e. The number of fused-ring (bicyclic) bond motifs is 1. The van der Waals surface area contributed by atoms with Crippen LogP contribution in [-0.4, -0.2) is 20.9 Å². The predicted octanol–water partition coefficient (Wildman–Crippen LogP) is 3.29. The number of hydrogen-bond donors (Lipinski definition) is 1. The zero-order valence-electron chi connectivity index (χ0n) is 7.96. The Morgan fingerprint density at radius 2 is 2.31 bits per heavy atom. The molecule has 1 aromatic heterocycles. The van der Waals surface area contributed by atoms with Gasteiger partial charge in [0.05, 0.1) is 19.7 Å². The second-order valence-electron chi connectivity index (χ2n) is 3.16. The van der Waals surface area contributed by atoms with Crippen LogP contribution in [0.15, 0.2) is 10.7 Å². The molecule has 0 bridgehead atoms. The molecule has 2 rings (SSSR count). The van der Waals surface area contributed by atoms with Gasteiger partial charge in [0.2, 0.25) is 0 Å². The molecule has 0 amide bonds. The number of carboxylic acid groups (broad SMARTS) is 1. The lowest BCUT2D eigenvalue weighted by molar-refractivity contribution is 0.0696. The van der Waals surface area contributed by atoms with Crippen molar-refractivity contribution in [2.45, 2.75) is 0 Å². The first-order valence-electron chi connectivity index (χ1n) is 4.17. The molecule has 0 aliphatic rings. The number of nitrogens with zero attached hydrogens (tertiary/aromatic N) is 2. The Labute approximate surface area is 118 Å². The van der Waals surface area contributed by atoms with E-state index in [4.69, 9.17) is 16.7 Å². The van der Waals surface area contributed by atoms with Gasteiger partial charge in [-0.1, -0.05) is 11.6 Å². The molecule has 84 valence electrons. The molecule has 0 fully saturated rings. The van der Waals surface area contributed by atoms with Crippen LogP contribution in [0.3, 0.4) is 0 Å². The number of aryl methyl sites for hydroxylation is 1. The molecule has 2 aromatic rings. The Bertz CT molecular complexity index is 611. The molecule has 0 radical (unpaired) electrons. The third-order valence-corrected chi connectivity index (χ3v) is 4.12. The molecular weight excluding hydrogens is 410 g/mol. The van der Waals surface area contributed by atoms with Gasteiger partial charge in [0, 0.05) is 12.4 Å². The third kappa shape index (κ3) is 1.72. The Balaban J connectivity index is 2.98. The van der Waals surface area contributed by atoms with E-state index in [1.807, 2.05) is 22.6 Å². The fraction of sp³-hybridized carbons (Fsp3) is 0.111. The molecule has 4 nitrogen and oxygen atoms in total. The molecule has 0 atom stereocenters. The van der Waals surface area contributed by atoms with Crippen LogP contribution in [-0.2, 0) is 7.05 Å². The summed E-state index contributed by atoms with van der Waals surface area (Å²) in [6, 6.07) is 1.61. The average Bonchev–Trinajstić information content (AvgIpc) is 2.41. The minimum atomic E-state index is -1.03. The normalized spacial score (nSPS) is 11.0. The van der Waals surface area contributed by atoms with Gasteiger partial charge in [0.15, 0.2) is 0 Å². The maximum Gasteiger partial charge on any atom is 0.338 e.